The van der Waals surface area contributed by atoms with Gasteiger partial charge in [0, 0.05) is 5.56 Å². The van der Waals surface area contributed by atoms with Crippen LogP contribution in [-0.4, -0.2) is 41.7 Å². The highest BCUT2D eigenvalue weighted by atomic mass is 16.6. The number of Topliss-reactive ketones (excluding diaryl/α,β-unsaturated/α-hetero) is 1. The summed E-state index contributed by atoms with van der Waals surface area (Å²) in [5.41, 5.74) is -1.00. The second-order valence-corrected chi connectivity index (χ2v) is 7.71. The molecule has 0 aliphatic carbocycles. The number of nitrogens with one attached hydrogen (secondary N) is 2. The molecule has 1 aromatic rings. The molecule has 0 unspecified atom stereocenters. The zero-order valence-electron chi connectivity index (χ0n) is 16.6. The van der Waals surface area contributed by atoms with Crippen molar-refractivity contribution in [3.05, 3.63) is 35.9 Å². The third-order valence-electron chi connectivity index (χ3n) is 2.72. The van der Waals surface area contributed by atoms with Crippen LogP contribution in [0, 0.1) is 0 Å². The molecule has 0 saturated carbocycles. The van der Waals surface area contributed by atoms with E-state index in [4.69, 9.17) is 9.47 Å². The number of aliphatic imine (C=N–C) groups is 1. The molecule has 0 spiro atoms. The number of carbonyl (C=O) groups excluding carboxylic acids is 3. The highest BCUT2D eigenvalue weighted by Gasteiger charge is 2.21. The molecule has 2 N–H and O–H groups in total. The topological polar surface area (TPSA) is 106 Å². The molecule has 148 valence electrons. The van der Waals surface area contributed by atoms with Gasteiger partial charge in [-0.2, -0.15) is 0 Å². The van der Waals surface area contributed by atoms with Crippen LogP contribution in [0.25, 0.3) is 0 Å². The van der Waals surface area contributed by atoms with Gasteiger partial charge in [-0.1, -0.05) is 30.3 Å². The van der Waals surface area contributed by atoms with Crippen LogP contribution in [0.2, 0.25) is 0 Å². The third-order valence-corrected chi connectivity index (χ3v) is 2.72. The molecule has 0 aromatic heterocycles. The van der Waals surface area contributed by atoms with E-state index in [1.54, 1.807) is 71.9 Å². The van der Waals surface area contributed by atoms with Gasteiger partial charge in [0.2, 0.25) is 5.96 Å². The van der Waals surface area contributed by atoms with Gasteiger partial charge < -0.3 is 9.47 Å². The summed E-state index contributed by atoms with van der Waals surface area (Å²) in [5.74, 6) is -0.507. The van der Waals surface area contributed by atoms with Gasteiger partial charge in [0.25, 0.3) is 0 Å². The Morgan fingerprint density at radius 3 is 1.70 bits per heavy atom. The first-order valence-electron chi connectivity index (χ1n) is 8.48. The van der Waals surface area contributed by atoms with E-state index in [9.17, 15) is 14.4 Å². The summed E-state index contributed by atoms with van der Waals surface area (Å²) in [6, 6.07) is 8.56. The smallest absolute Gasteiger partial charge is 0.414 e. The number of benzene rings is 1. The molecule has 0 radical (unpaired) electrons. The molecule has 0 aliphatic heterocycles. The molecule has 2 amide bonds. The Kier molecular flexibility index (Phi) is 7.51. The molecule has 0 saturated heterocycles. The van der Waals surface area contributed by atoms with Crippen molar-refractivity contribution in [3.63, 3.8) is 0 Å². The van der Waals surface area contributed by atoms with E-state index in [0.717, 1.165) is 0 Å². The van der Waals surface area contributed by atoms with Gasteiger partial charge >= 0.3 is 12.2 Å². The van der Waals surface area contributed by atoms with Gasteiger partial charge in [0.1, 0.15) is 17.7 Å². The minimum absolute atomic E-state index is 0.234. The van der Waals surface area contributed by atoms with Gasteiger partial charge in [0.15, 0.2) is 5.78 Å². The van der Waals surface area contributed by atoms with Crippen molar-refractivity contribution >= 4 is 23.9 Å². The molecule has 0 heterocycles. The highest BCUT2D eigenvalue weighted by molar-refractivity contribution is 6.03. The predicted molar refractivity (Wildman–Crippen MR) is 102 cm³/mol. The zero-order chi connectivity index (χ0) is 20.7. The number of guanidine groups is 1. The van der Waals surface area contributed by atoms with E-state index in [1.165, 1.54) is 0 Å². The quantitative estimate of drug-likeness (QED) is 0.478. The van der Waals surface area contributed by atoms with Crippen LogP contribution < -0.4 is 10.6 Å². The minimum Gasteiger partial charge on any atom is -0.444 e. The third kappa shape index (κ3) is 9.98. The van der Waals surface area contributed by atoms with Crippen LogP contribution in [0.3, 0.4) is 0 Å². The summed E-state index contributed by atoms with van der Waals surface area (Å²) in [5, 5.41) is 4.64. The number of ether oxygens (including phenoxy) is 2. The lowest BCUT2D eigenvalue weighted by atomic mass is 10.1. The normalized spacial score (nSPS) is 11.2. The minimum atomic E-state index is -0.815. The van der Waals surface area contributed by atoms with Crippen molar-refractivity contribution in [2.45, 2.75) is 52.7 Å². The maximum absolute atomic E-state index is 12.2. The first-order valence-corrected chi connectivity index (χ1v) is 8.48. The fraction of sp³-hybridized carbons (Fsp3) is 0.474. The van der Waals surface area contributed by atoms with Gasteiger partial charge in [-0.3, -0.25) is 15.4 Å². The molecule has 8 nitrogen and oxygen atoms in total. The number of ketones is 1. The van der Waals surface area contributed by atoms with Crippen LogP contribution in [0.1, 0.15) is 51.9 Å². The molecule has 0 aliphatic rings. The second-order valence-electron chi connectivity index (χ2n) is 7.71. The summed E-state index contributed by atoms with van der Waals surface area (Å²) in [7, 11) is 0. The molecule has 1 rings (SSSR count). The van der Waals surface area contributed by atoms with E-state index in [-0.39, 0.29) is 18.3 Å². The van der Waals surface area contributed by atoms with Crippen LogP contribution in [-0.2, 0) is 9.47 Å². The van der Waals surface area contributed by atoms with Crippen molar-refractivity contribution in [2.75, 3.05) is 6.54 Å². The Labute approximate surface area is 159 Å². The van der Waals surface area contributed by atoms with Gasteiger partial charge in [-0.05, 0) is 41.5 Å². The Morgan fingerprint density at radius 2 is 1.30 bits per heavy atom. The van der Waals surface area contributed by atoms with E-state index < -0.39 is 23.4 Å². The Balaban J connectivity index is 2.87. The van der Waals surface area contributed by atoms with Crippen LogP contribution in [0.4, 0.5) is 9.59 Å². The Morgan fingerprint density at radius 1 is 0.852 bits per heavy atom. The van der Waals surface area contributed by atoms with Crippen molar-refractivity contribution in [1.82, 2.24) is 10.6 Å². The number of alkyl carbamates (subject to hydrolysis) is 2. The predicted octanol–water partition coefficient (Wildman–Crippen LogP) is 3.27. The van der Waals surface area contributed by atoms with Crippen LogP contribution in [0.15, 0.2) is 35.3 Å². The van der Waals surface area contributed by atoms with Crippen molar-refractivity contribution < 1.29 is 23.9 Å². The Bertz CT molecular complexity index is 668. The molecular formula is C19H27N3O5. The van der Waals surface area contributed by atoms with Gasteiger partial charge in [-0.25, -0.2) is 14.6 Å². The fourth-order valence-corrected chi connectivity index (χ4v) is 1.78. The summed E-state index contributed by atoms with van der Waals surface area (Å²) >= 11 is 0. The van der Waals surface area contributed by atoms with Crippen molar-refractivity contribution in [3.8, 4) is 0 Å². The zero-order valence-corrected chi connectivity index (χ0v) is 16.6. The summed E-state index contributed by atoms with van der Waals surface area (Å²) in [4.78, 5) is 40.1. The maximum atomic E-state index is 12.2. The van der Waals surface area contributed by atoms with E-state index in [1.807, 2.05) is 0 Å². The first-order chi connectivity index (χ1) is 12.4. The fourth-order valence-electron chi connectivity index (χ4n) is 1.78. The van der Waals surface area contributed by atoms with Gasteiger partial charge in [-0.15, -0.1) is 0 Å². The maximum Gasteiger partial charge on any atom is 0.414 e. The van der Waals surface area contributed by atoms with Gasteiger partial charge in [0.05, 0.1) is 0 Å². The highest BCUT2D eigenvalue weighted by Crippen LogP contribution is 2.08. The van der Waals surface area contributed by atoms with Crippen LogP contribution >= 0.6 is 0 Å². The monoisotopic (exact) mass is 377 g/mol. The lowest BCUT2D eigenvalue weighted by Gasteiger charge is -2.22. The Hall–Kier alpha value is -2.90. The molecule has 0 fully saturated rings. The molecule has 1 aromatic carbocycles. The number of hydrogen-bond acceptors (Lipinski definition) is 6. The lowest BCUT2D eigenvalue weighted by molar-refractivity contribution is 0.0544. The number of hydrogen-bond donors (Lipinski definition) is 2. The van der Waals surface area contributed by atoms with Crippen molar-refractivity contribution in [1.29, 1.82) is 0 Å². The average Bonchev–Trinajstić information content (AvgIpc) is 2.49. The number of nitrogens with zero attached hydrogens (tertiary/aromatic N) is 1. The van der Waals surface area contributed by atoms with E-state index in [2.05, 4.69) is 15.6 Å². The molecule has 0 atom stereocenters. The van der Waals surface area contributed by atoms with E-state index >= 15 is 0 Å². The number of amides is 2. The summed E-state index contributed by atoms with van der Waals surface area (Å²) in [6.45, 7) is 9.92. The van der Waals surface area contributed by atoms with E-state index in [0.29, 0.717) is 5.56 Å². The second kappa shape index (κ2) is 9.16. The summed E-state index contributed by atoms with van der Waals surface area (Å²) < 4.78 is 10.3. The standard InChI is InChI=1S/C19H27N3O5/c1-18(2,3)26-16(24)21-15(22-17(25)27-19(4,5)6)20-12-14(23)13-10-8-7-9-11-13/h7-11H,12H2,1-6H3,(H2,20,21,22,24,25). The largest absolute Gasteiger partial charge is 0.444 e. The molecule has 27 heavy (non-hydrogen) atoms. The SMILES string of the molecule is CC(C)(C)OC(=O)NC(=NCC(=O)c1ccccc1)NC(=O)OC(C)(C)C. The molecule has 0 bridgehead atoms. The lowest BCUT2D eigenvalue weighted by Crippen LogP contribution is -2.47. The molecular weight excluding hydrogens is 350 g/mol. The molecule has 8 heteroatoms. The average molecular weight is 377 g/mol. The summed E-state index contributed by atoms with van der Waals surface area (Å²) in [6.07, 6.45) is -1.63. The van der Waals surface area contributed by atoms with Crippen LogP contribution in [0.5, 0.6) is 0 Å². The number of rotatable bonds is 3. The first kappa shape index (κ1) is 22.1. The number of carbonyl (C=O) groups is 3. The van der Waals surface area contributed by atoms with Crippen molar-refractivity contribution in [2.24, 2.45) is 4.99 Å².